The van der Waals surface area contributed by atoms with E-state index in [1.807, 2.05) is 0 Å². The Morgan fingerprint density at radius 1 is 1.42 bits per heavy atom. The number of ether oxygens (including phenoxy) is 2. The molecule has 1 heterocycles. The molecule has 2 aliphatic rings. The lowest BCUT2D eigenvalue weighted by Crippen LogP contribution is -2.49. The van der Waals surface area contributed by atoms with Gasteiger partial charge in [-0.25, -0.2) is 0 Å². The first-order valence-corrected chi connectivity index (χ1v) is 8.07. The first-order valence-electron chi connectivity index (χ1n) is 7.16. The maximum atomic E-state index is 6.13. The minimum Gasteiger partial charge on any atom is -0.346 e. The van der Waals surface area contributed by atoms with Crippen LogP contribution in [0.4, 0.5) is 0 Å². The van der Waals surface area contributed by atoms with Crippen molar-refractivity contribution in [3.05, 3.63) is 23.3 Å². The summed E-state index contributed by atoms with van der Waals surface area (Å²) in [6.07, 6.45) is 6.64. The van der Waals surface area contributed by atoms with Crippen molar-refractivity contribution in [2.24, 2.45) is 5.41 Å². The molecule has 3 heteroatoms. The Balaban J connectivity index is 2.39. The quantitative estimate of drug-likeness (QED) is 0.690. The van der Waals surface area contributed by atoms with E-state index < -0.39 is 5.79 Å². The molecule has 0 aromatic rings. The number of allylic oxidation sites excluding steroid dienone is 3. The average Bonchev–Trinajstić information content (AvgIpc) is 2.68. The summed E-state index contributed by atoms with van der Waals surface area (Å²) in [5, 5.41) is 0. The first-order chi connectivity index (χ1) is 8.82. The summed E-state index contributed by atoms with van der Waals surface area (Å²) in [4.78, 5) is 0.134. The molecule has 2 nitrogen and oxygen atoms in total. The summed E-state index contributed by atoms with van der Waals surface area (Å²) in [5.41, 5.74) is 2.81. The van der Waals surface area contributed by atoms with E-state index in [0.717, 1.165) is 12.8 Å². The monoisotopic (exact) mass is 328 g/mol. The molecule has 108 valence electrons. The zero-order chi connectivity index (χ0) is 14.3. The predicted molar refractivity (Wildman–Crippen MR) is 82.5 cm³/mol. The van der Waals surface area contributed by atoms with E-state index in [2.05, 4.69) is 62.7 Å². The standard InChI is InChI=1S/C16H25BrO2/c1-6-7-8-13-12(3)14(17)16(10-15(13,4)5)18-9-11(2)19-16/h7-8,11,14H,6,9-10H2,1-5H3. The zero-order valence-electron chi connectivity index (χ0n) is 12.6. The van der Waals surface area contributed by atoms with E-state index in [4.69, 9.17) is 9.47 Å². The van der Waals surface area contributed by atoms with Crippen molar-refractivity contribution >= 4 is 15.9 Å². The van der Waals surface area contributed by atoms with Crippen LogP contribution in [0.2, 0.25) is 0 Å². The van der Waals surface area contributed by atoms with Crippen LogP contribution >= 0.6 is 15.9 Å². The fraction of sp³-hybridized carbons (Fsp3) is 0.750. The van der Waals surface area contributed by atoms with Gasteiger partial charge in [-0.15, -0.1) is 0 Å². The minimum atomic E-state index is -0.490. The van der Waals surface area contributed by atoms with E-state index >= 15 is 0 Å². The van der Waals surface area contributed by atoms with Crippen LogP contribution in [0, 0.1) is 5.41 Å². The smallest absolute Gasteiger partial charge is 0.185 e. The third-order valence-corrected chi connectivity index (χ3v) is 5.48. The van der Waals surface area contributed by atoms with E-state index in [9.17, 15) is 0 Å². The number of halogens is 1. The van der Waals surface area contributed by atoms with Crippen LogP contribution in [0.3, 0.4) is 0 Å². The van der Waals surface area contributed by atoms with Crippen LogP contribution in [-0.2, 0) is 9.47 Å². The van der Waals surface area contributed by atoms with Gasteiger partial charge in [-0.3, -0.25) is 0 Å². The molecule has 0 aromatic heterocycles. The highest BCUT2D eigenvalue weighted by Gasteiger charge is 2.53. The van der Waals surface area contributed by atoms with Crippen LogP contribution < -0.4 is 0 Å². The highest BCUT2D eigenvalue weighted by Crippen LogP contribution is 2.52. The lowest BCUT2D eigenvalue weighted by Gasteiger charge is -2.46. The lowest BCUT2D eigenvalue weighted by molar-refractivity contribution is -0.181. The molecule has 3 atom stereocenters. The zero-order valence-corrected chi connectivity index (χ0v) is 14.2. The Morgan fingerprint density at radius 3 is 2.63 bits per heavy atom. The van der Waals surface area contributed by atoms with Crippen molar-refractivity contribution < 1.29 is 9.47 Å². The summed E-state index contributed by atoms with van der Waals surface area (Å²) in [6, 6.07) is 0. The summed E-state index contributed by atoms with van der Waals surface area (Å²) in [5.74, 6) is -0.490. The van der Waals surface area contributed by atoms with Crippen molar-refractivity contribution in [1.29, 1.82) is 0 Å². The minimum absolute atomic E-state index is 0.0735. The molecule has 1 fully saturated rings. The van der Waals surface area contributed by atoms with Gasteiger partial charge in [-0.05, 0) is 31.3 Å². The van der Waals surface area contributed by atoms with Gasteiger partial charge in [-0.1, -0.05) is 54.4 Å². The average molecular weight is 329 g/mol. The van der Waals surface area contributed by atoms with Crippen LogP contribution in [0.5, 0.6) is 0 Å². The molecule has 1 aliphatic carbocycles. The van der Waals surface area contributed by atoms with Crippen molar-refractivity contribution in [2.75, 3.05) is 6.61 Å². The fourth-order valence-corrected chi connectivity index (χ4v) is 3.93. The summed E-state index contributed by atoms with van der Waals surface area (Å²) < 4.78 is 12.2. The largest absolute Gasteiger partial charge is 0.346 e. The second-order valence-corrected chi connectivity index (χ2v) is 7.30. The van der Waals surface area contributed by atoms with Gasteiger partial charge in [0.25, 0.3) is 0 Å². The first kappa shape index (κ1) is 15.3. The molecule has 0 amide bonds. The van der Waals surface area contributed by atoms with E-state index in [-0.39, 0.29) is 16.3 Å². The third kappa shape index (κ3) is 2.70. The maximum Gasteiger partial charge on any atom is 0.185 e. The Kier molecular flexibility index (Phi) is 4.29. The Hall–Kier alpha value is -0.120. The summed E-state index contributed by atoms with van der Waals surface area (Å²) in [7, 11) is 0. The molecule has 3 unspecified atom stereocenters. The SMILES string of the molecule is CCC=CC1=C(C)C(Br)C2(CC1(C)C)OCC(C)O2. The molecule has 19 heavy (non-hydrogen) atoms. The van der Waals surface area contributed by atoms with Gasteiger partial charge in [0.15, 0.2) is 5.79 Å². The number of alkyl halides is 1. The van der Waals surface area contributed by atoms with Gasteiger partial charge in [0, 0.05) is 6.42 Å². The fourth-order valence-electron chi connectivity index (χ4n) is 3.29. The van der Waals surface area contributed by atoms with Crippen LogP contribution in [-0.4, -0.2) is 23.3 Å². The van der Waals surface area contributed by atoms with Gasteiger partial charge in [0.2, 0.25) is 0 Å². The Bertz CT molecular complexity index is 411. The molecule has 1 aliphatic heterocycles. The van der Waals surface area contributed by atoms with Crippen molar-refractivity contribution in [2.45, 2.75) is 64.2 Å². The van der Waals surface area contributed by atoms with Gasteiger partial charge in [0.05, 0.1) is 17.5 Å². The van der Waals surface area contributed by atoms with Crippen LogP contribution in [0.1, 0.15) is 47.5 Å². The summed E-state index contributed by atoms with van der Waals surface area (Å²) >= 11 is 3.81. The third-order valence-electron chi connectivity index (χ3n) is 4.09. The Labute approximate surface area is 125 Å². The van der Waals surface area contributed by atoms with E-state index in [0.29, 0.717) is 6.61 Å². The molecular formula is C16H25BrO2. The molecule has 2 rings (SSSR count). The molecule has 1 spiro atoms. The molecule has 0 aromatic carbocycles. The molecule has 0 N–H and O–H groups in total. The molecular weight excluding hydrogens is 304 g/mol. The highest BCUT2D eigenvalue weighted by molar-refractivity contribution is 9.09. The molecule has 0 bridgehead atoms. The van der Waals surface area contributed by atoms with Crippen molar-refractivity contribution in [3.8, 4) is 0 Å². The van der Waals surface area contributed by atoms with Gasteiger partial charge in [0.1, 0.15) is 0 Å². The van der Waals surface area contributed by atoms with Crippen molar-refractivity contribution in [3.63, 3.8) is 0 Å². The molecule has 0 radical (unpaired) electrons. The topological polar surface area (TPSA) is 18.5 Å². The molecule has 1 saturated heterocycles. The van der Waals surface area contributed by atoms with Crippen molar-refractivity contribution in [1.82, 2.24) is 0 Å². The second kappa shape index (κ2) is 5.34. The number of hydrogen-bond donors (Lipinski definition) is 0. The van der Waals surface area contributed by atoms with Crippen LogP contribution in [0.25, 0.3) is 0 Å². The van der Waals surface area contributed by atoms with E-state index in [1.165, 1.54) is 11.1 Å². The van der Waals surface area contributed by atoms with Gasteiger partial charge >= 0.3 is 0 Å². The predicted octanol–water partition coefficient (Wildman–Crippen LogP) is 4.59. The molecule has 0 saturated carbocycles. The van der Waals surface area contributed by atoms with Gasteiger partial charge in [-0.2, -0.15) is 0 Å². The normalized spacial score (nSPS) is 38.6. The van der Waals surface area contributed by atoms with E-state index in [1.54, 1.807) is 0 Å². The highest BCUT2D eigenvalue weighted by atomic mass is 79.9. The summed E-state index contributed by atoms with van der Waals surface area (Å²) in [6.45, 7) is 11.7. The van der Waals surface area contributed by atoms with Gasteiger partial charge < -0.3 is 9.47 Å². The second-order valence-electron chi connectivity index (χ2n) is 6.38. The van der Waals surface area contributed by atoms with Crippen LogP contribution in [0.15, 0.2) is 23.3 Å². The number of rotatable bonds is 2. The Morgan fingerprint density at radius 2 is 2.11 bits per heavy atom. The number of hydrogen-bond acceptors (Lipinski definition) is 2. The lowest BCUT2D eigenvalue weighted by atomic mass is 9.70. The maximum absolute atomic E-state index is 6.13.